The zero-order chi connectivity index (χ0) is 13.2. The molecule has 1 aromatic heterocycles. The number of rotatable bonds is 3. The lowest BCUT2D eigenvalue weighted by atomic mass is 10.2. The average Bonchev–Trinajstić information content (AvgIpc) is 3.01. The number of hydrogen-bond acceptors (Lipinski definition) is 3. The van der Waals surface area contributed by atoms with Gasteiger partial charge in [0, 0.05) is 17.4 Å². The Labute approximate surface area is 115 Å². The van der Waals surface area contributed by atoms with E-state index in [0.29, 0.717) is 18.0 Å². The number of benzene rings is 1. The van der Waals surface area contributed by atoms with Gasteiger partial charge in [-0.1, -0.05) is 11.6 Å². The Kier molecular flexibility index (Phi) is 3.05. The van der Waals surface area contributed by atoms with Gasteiger partial charge in [0.1, 0.15) is 0 Å². The molecule has 0 aliphatic carbocycles. The van der Waals surface area contributed by atoms with Crippen molar-refractivity contribution in [2.24, 2.45) is 5.10 Å². The lowest BCUT2D eigenvalue weighted by Gasteiger charge is -2.11. The highest BCUT2D eigenvalue weighted by Crippen LogP contribution is 2.22. The third-order valence-electron chi connectivity index (χ3n) is 2.83. The van der Waals surface area contributed by atoms with E-state index in [1.165, 1.54) is 5.01 Å². The summed E-state index contributed by atoms with van der Waals surface area (Å²) in [6.45, 7) is 0.579. The molecule has 0 unspecified atom stereocenters. The van der Waals surface area contributed by atoms with Crippen LogP contribution < -0.4 is 5.01 Å². The van der Waals surface area contributed by atoms with Crippen molar-refractivity contribution < 1.29 is 4.79 Å². The van der Waals surface area contributed by atoms with Crippen LogP contribution in [0.15, 0.2) is 48.1 Å². The number of anilines is 1. The topological polar surface area (TPSA) is 50.5 Å². The van der Waals surface area contributed by atoms with Gasteiger partial charge in [-0.25, -0.2) is 9.99 Å². The molecule has 0 atom stereocenters. The Bertz CT molecular complexity index is 619. The average molecular weight is 275 g/mol. The van der Waals surface area contributed by atoms with Gasteiger partial charge < -0.3 is 4.57 Å². The minimum absolute atomic E-state index is 0.0302. The molecule has 1 aliphatic heterocycles. The third-order valence-corrected chi connectivity index (χ3v) is 3.08. The van der Waals surface area contributed by atoms with E-state index in [9.17, 15) is 4.79 Å². The molecule has 0 saturated carbocycles. The minimum Gasteiger partial charge on any atom is -0.332 e. The van der Waals surface area contributed by atoms with E-state index in [0.717, 1.165) is 11.4 Å². The first-order chi connectivity index (χ1) is 9.22. The van der Waals surface area contributed by atoms with Crippen molar-refractivity contribution in [3.63, 3.8) is 0 Å². The van der Waals surface area contributed by atoms with Crippen molar-refractivity contribution in [1.29, 1.82) is 0 Å². The predicted octanol–water partition coefficient (Wildman–Crippen LogP) is 2.33. The van der Waals surface area contributed by atoms with Crippen LogP contribution in [0.1, 0.15) is 6.42 Å². The maximum Gasteiger partial charge on any atom is 0.253 e. The van der Waals surface area contributed by atoms with E-state index in [1.54, 1.807) is 36.8 Å². The molecule has 1 aromatic carbocycles. The van der Waals surface area contributed by atoms with E-state index in [1.807, 2.05) is 10.8 Å². The molecule has 2 aromatic rings. The summed E-state index contributed by atoms with van der Waals surface area (Å²) in [5.41, 5.74) is 1.55. The standard InChI is InChI=1S/C13H11ClN4O/c14-10-1-3-12(4-2-10)18-13(19)7-11(16-18)8-17-6-5-15-9-17/h1-6,9H,7-8H2. The van der Waals surface area contributed by atoms with E-state index in [2.05, 4.69) is 10.1 Å². The maximum atomic E-state index is 12.0. The van der Waals surface area contributed by atoms with Gasteiger partial charge in [-0.3, -0.25) is 4.79 Å². The number of hydrogen-bond donors (Lipinski definition) is 0. The van der Waals surface area contributed by atoms with Crippen LogP contribution in [0.25, 0.3) is 0 Å². The fourth-order valence-corrected chi connectivity index (χ4v) is 2.07. The van der Waals surface area contributed by atoms with Gasteiger partial charge in [0.05, 0.1) is 30.7 Å². The van der Waals surface area contributed by atoms with Gasteiger partial charge in [-0.15, -0.1) is 0 Å². The molecule has 0 spiro atoms. The van der Waals surface area contributed by atoms with Gasteiger partial charge in [-0.05, 0) is 24.3 Å². The number of nitrogens with zero attached hydrogens (tertiary/aromatic N) is 4. The number of amides is 1. The zero-order valence-electron chi connectivity index (χ0n) is 10.0. The summed E-state index contributed by atoms with van der Waals surface area (Å²) in [4.78, 5) is 15.9. The first-order valence-electron chi connectivity index (χ1n) is 5.83. The second kappa shape index (κ2) is 4.85. The van der Waals surface area contributed by atoms with Crippen molar-refractivity contribution in [1.82, 2.24) is 9.55 Å². The van der Waals surface area contributed by atoms with Crippen LogP contribution in [0.5, 0.6) is 0 Å². The first-order valence-corrected chi connectivity index (χ1v) is 6.21. The molecule has 5 nitrogen and oxygen atoms in total. The molecule has 0 N–H and O–H groups in total. The summed E-state index contributed by atoms with van der Waals surface area (Å²) >= 11 is 5.83. The van der Waals surface area contributed by atoms with Crippen molar-refractivity contribution in [3.05, 3.63) is 48.0 Å². The number of carbonyl (C=O) groups excluding carboxylic acids is 1. The lowest BCUT2D eigenvalue weighted by molar-refractivity contribution is -0.116. The third kappa shape index (κ3) is 2.51. The quantitative estimate of drug-likeness (QED) is 0.862. The summed E-state index contributed by atoms with van der Waals surface area (Å²) in [5.74, 6) is -0.0302. The molecule has 6 heteroatoms. The molecular weight excluding hydrogens is 264 g/mol. The molecule has 96 valence electrons. The van der Waals surface area contributed by atoms with Gasteiger partial charge in [0.2, 0.25) is 0 Å². The van der Waals surface area contributed by atoms with E-state index < -0.39 is 0 Å². The van der Waals surface area contributed by atoms with Crippen molar-refractivity contribution >= 4 is 28.9 Å². The number of imidazole rings is 1. The highest BCUT2D eigenvalue weighted by atomic mass is 35.5. The Hall–Kier alpha value is -2.14. The minimum atomic E-state index is -0.0302. The largest absolute Gasteiger partial charge is 0.332 e. The molecule has 2 heterocycles. The van der Waals surface area contributed by atoms with Crippen LogP contribution in [-0.2, 0) is 11.3 Å². The number of halogens is 1. The number of aromatic nitrogens is 2. The monoisotopic (exact) mass is 274 g/mol. The van der Waals surface area contributed by atoms with E-state index in [4.69, 9.17) is 11.6 Å². The Morgan fingerprint density at radius 1 is 1.26 bits per heavy atom. The van der Waals surface area contributed by atoms with Crippen LogP contribution in [0.2, 0.25) is 5.02 Å². The molecule has 1 aliphatic rings. The van der Waals surface area contributed by atoms with Gasteiger partial charge in [0.15, 0.2) is 0 Å². The normalized spacial score (nSPS) is 14.9. The Morgan fingerprint density at radius 2 is 2.05 bits per heavy atom. The molecule has 0 saturated heterocycles. The summed E-state index contributed by atoms with van der Waals surface area (Å²) in [6.07, 6.45) is 5.59. The van der Waals surface area contributed by atoms with Gasteiger partial charge in [-0.2, -0.15) is 5.10 Å². The molecule has 0 radical (unpaired) electrons. The summed E-state index contributed by atoms with van der Waals surface area (Å²) < 4.78 is 1.89. The summed E-state index contributed by atoms with van der Waals surface area (Å²) in [5, 5.41) is 6.41. The predicted molar refractivity (Wildman–Crippen MR) is 73.2 cm³/mol. The smallest absolute Gasteiger partial charge is 0.253 e. The maximum absolute atomic E-state index is 12.0. The van der Waals surface area contributed by atoms with Gasteiger partial charge >= 0.3 is 0 Å². The van der Waals surface area contributed by atoms with E-state index >= 15 is 0 Å². The fourth-order valence-electron chi connectivity index (χ4n) is 1.94. The second-order valence-corrected chi connectivity index (χ2v) is 4.70. The number of carbonyl (C=O) groups is 1. The Morgan fingerprint density at radius 3 is 2.74 bits per heavy atom. The van der Waals surface area contributed by atoms with Crippen LogP contribution in [-0.4, -0.2) is 21.2 Å². The van der Waals surface area contributed by atoms with Crippen LogP contribution in [0.3, 0.4) is 0 Å². The van der Waals surface area contributed by atoms with Gasteiger partial charge in [0.25, 0.3) is 5.91 Å². The second-order valence-electron chi connectivity index (χ2n) is 4.26. The lowest BCUT2D eigenvalue weighted by Crippen LogP contribution is -2.19. The highest BCUT2D eigenvalue weighted by molar-refractivity contribution is 6.30. The SMILES string of the molecule is O=C1CC(Cn2ccnc2)=NN1c1ccc(Cl)cc1. The molecule has 19 heavy (non-hydrogen) atoms. The van der Waals surface area contributed by atoms with Crippen LogP contribution in [0, 0.1) is 0 Å². The van der Waals surface area contributed by atoms with E-state index in [-0.39, 0.29) is 5.91 Å². The van der Waals surface area contributed by atoms with Crippen molar-refractivity contribution in [2.45, 2.75) is 13.0 Å². The van der Waals surface area contributed by atoms with Crippen LogP contribution in [0.4, 0.5) is 5.69 Å². The first kappa shape index (κ1) is 11.9. The van der Waals surface area contributed by atoms with Crippen LogP contribution >= 0.6 is 11.6 Å². The molecule has 1 amide bonds. The molecular formula is C13H11ClN4O. The van der Waals surface area contributed by atoms with Crippen molar-refractivity contribution in [2.75, 3.05) is 5.01 Å². The molecule has 0 bridgehead atoms. The van der Waals surface area contributed by atoms with Crippen molar-refractivity contribution in [3.8, 4) is 0 Å². The zero-order valence-corrected chi connectivity index (χ0v) is 10.8. The Balaban J connectivity index is 1.81. The summed E-state index contributed by atoms with van der Waals surface area (Å²) in [6, 6.07) is 7.05. The fraction of sp³-hybridized carbons (Fsp3) is 0.154. The highest BCUT2D eigenvalue weighted by Gasteiger charge is 2.25. The molecule has 0 fully saturated rings. The summed E-state index contributed by atoms with van der Waals surface area (Å²) in [7, 11) is 0. The molecule has 3 rings (SSSR count). The number of hydrazone groups is 1.